The van der Waals surface area contributed by atoms with Gasteiger partial charge in [0.2, 0.25) is 5.91 Å². The fourth-order valence-electron chi connectivity index (χ4n) is 3.26. The van der Waals surface area contributed by atoms with Gasteiger partial charge < -0.3 is 10.1 Å². The molecule has 0 aliphatic carbocycles. The second-order valence-corrected chi connectivity index (χ2v) is 7.71. The summed E-state index contributed by atoms with van der Waals surface area (Å²) >= 11 is 3.33. The smallest absolute Gasteiger partial charge is 0.340 e. The molecule has 0 spiro atoms. The van der Waals surface area contributed by atoms with E-state index in [0.717, 1.165) is 9.48 Å². The average Bonchev–Trinajstić information content (AvgIpc) is 3.07. The van der Waals surface area contributed by atoms with Crippen molar-refractivity contribution in [2.75, 3.05) is 23.4 Å². The number of carbonyl (C=O) groups is 3. The molecular formula is C21H20BrN5O4. The third-order valence-corrected chi connectivity index (χ3v) is 5.24. The lowest BCUT2D eigenvalue weighted by Crippen LogP contribution is -2.52. The molecule has 1 fully saturated rings. The Balaban J connectivity index is 1.41. The monoisotopic (exact) mass is 485 g/mol. The molecule has 10 heteroatoms. The van der Waals surface area contributed by atoms with Gasteiger partial charge >= 0.3 is 6.03 Å². The zero-order valence-electron chi connectivity index (χ0n) is 16.6. The Morgan fingerprint density at radius 3 is 2.48 bits per heavy atom. The van der Waals surface area contributed by atoms with Gasteiger partial charge in [-0.15, -0.1) is 0 Å². The molecule has 1 unspecified atom stereocenters. The Bertz CT molecular complexity index is 1030. The molecule has 1 saturated heterocycles. The van der Waals surface area contributed by atoms with Gasteiger partial charge in [-0.3, -0.25) is 19.4 Å². The van der Waals surface area contributed by atoms with Crippen molar-refractivity contribution in [3.8, 4) is 5.75 Å². The fourth-order valence-corrected chi connectivity index (χ4v) is 3.52. The van der Waals surface area contributed by atoms with Gasteiger partial charge in [-0.25, -0.2) is 9.80 Å². The van der Waals surface area contributed by atoms with Crippen LogP contribution in [0.25, 0.3) is 0 Å². The van der Waals surface area contributed by atoms with Crippen molar-refractivity contribution in [1.82, 2.24) is 15.3 Å². The van der Waals surface area contributed by atoms with E-state index in [0.29, 0.717) is 23.7 Å². The number of anilines is 2. The molecule has 1 atom stereocenters. The SMILES string of the molecule is CCOc1ccc(N2C=CN3C(=O)N(CC(=O)Nc4ccc(Br)cc4)NC3C2=O)cc1. The van der Waals surface area contributed by atoms with Crippen molar-refractivity contribution in [3.05, 3.63) is 65.4 Å². The Hall–Kier alpha value is -3.37. The first-order valence-corrected chi connectivity index (χ1v) is 10.4. The van der Waals surface area contributed by atoms with E-state index >= 15 is 0 Å². The summed E-state index contributed by atoms with van der Waals surface area (Å²) in [4.78, 5) is 40.7. The number of amides is 4. The van der Waals surface area contributed by atoms with Gasteiger partial charge in [-0.05, 0) is 55.5 Å². The van der Waals surface area contributed by atoms with E-state index in [4.69, 9.17) is 4.74 Å². The summed E-state index contributed by atoms with van der Waals surface area (Å²) < 4.78 is 6.31. The van der Waals surface area contributed by atoms with Gasteiger partial charge in [0.25, 0.3) is 5.91 Å². The van der Waals surface area contributed by atoms with Gasteiger partial charge in [0, 0.05) is 28.2 Å². The second-order valence-electron chi connectivity index (χ2n) is 6.80. The molecule has 9 nitrogen and oxygen atoms in total. The largest absolute Gasteiger partial charge is 0.494 e. The molecule has 0 aromatic heterocycles. The van der Waals surface area contributed by atoms with E-state index in [1.165, 1.54) is 22.2 Å². The number of rotatable bonds is 6. The highest BCUT2D eigenvalue weighted by molar-refractivity contribution is 9.10. The average molecular weight is 486 g/mol. The van der Waals surface area contributed by atoms with Gasteiger partial charge in [0.1, 0.15) is 12.3 Å². The first-order valence-electron chi connectivity index (χ1n) is 9.62. The predicted molar refractivity (Wildman–Crippen MR) is 118 cm³/mol. The maximum atomic E-state index is 13.0. The summed E-state index contributed by atoms with van der Waals surface area (Å²) in [5.41, 5.74) is 4.07. The van der Waals surface area contributed by atoms with Crippen LogP contribution < -0.4 is 20.4 Å². The first-order chi connectivity index (χ1) is 15.0. The van der Waals surface area contributed by atoms with Crippen LogP contribution in [0.15, 0.2) is 65.4 Å². The fraction of sp³-hybridized carbons (Fsp3) is 0.190. The number of hydrazine groups is 1. The number of hydrogen-bond acceptors (Lipinski definition) is 5. The number of carbonyl (C=O) groups excluding carboxylic acids is 3. The lowest BCUT2D eigenvalue weighted by Gasteiger charge is -2.29. The maximum Gasteiger partial charge on any atom is 0.340 e. The Labute approximate surface area is 187 Å². The summed E-state index contributed by atoms with van der Waals surface area (Å²) in [6, 6.07) is 13.7. The topological polar surface area (TPSA) is 94.2 Å². The molecule has 0 radical (unpaired) electrons. The van der Waals surface area contributed by atoms with Crippen LogP contribution in [0.2, 0.25) is 0 Å². The van der Waals surface area contributed by atoms with Crippen molar-refractivity contribution in [2.24, 2.45) is 0 Å². The highest BCUT2D eigenvalue weighted by Gasteiger charge is 2.44. The molecule has 2 aliphatic rings. The summed E-state index contributed by atoms with van der Waals surface area (Å²) in [5, 5.41) is 3.85. The molecule has 4 amide bonds. The molecule has 2 aliphatic heterocycles. The van der Waals surface area contributed by atoms with Crippen molar-refractivity contribution < 1.29 is 19.1 Å². The van der Waals surface area contributed by atoms with Crippen LogP contribution >= 0.6 is 15.9 Å². The normalized spacial score (nSPS) is 17.7. The number of urea groups is 1. The molecule has 2 aromatic carbocycles. The Morgan fingerprint density at radius 2 is 1.81 bits per heavy atom. The number of benzene rings is 2. The van der Waals surface area contributed by atoms with Crippen LogP contribution in [0.4, 0.5) is 16.2 Å². The number of nitrogens with one attached hydrogen (secondary N) is 2. The molecule has 0 saturated carbocycles. The van der Waals surface area contributed by atoms with E-state index in [2.05, 4.69) is 26.7 Å². The minimum absolute atomic E-state index is 0.244. The van der Waals surface area contributed by atoms with E-state index in [1.54, 1.807) is 48.5 Å². The molecule has 4 rings (SSSR count). The quantitative estimate of drug-likeness (QED) is 0.655. The maximum absolute atomic E-state index is 13.0. The van der Waals surface area contributed by atoms with Crippen LogP contribution in [0.5, 0.6) is 5.75 Å². The minimum Gasteiger partial charge on any atom is -0.494 e. The zero-order valence-corrected chi connectivity index (χ0v) is 18.2. The standard InChI is InChI=1S/C21H20BrN5O4/c1-2-31-17-9-7-16(8-10-17)25-11-12-26-19(20(25)29)24-27(21(26)30)13-18(28)23-15-5-3-14(22)4-6-15/h3-12,19,24H,2,13H2,1H3,(H,23,28). The van der Waals surface area contributed by atoms with Gasteiger partial charge in [0.15, 0.2) is 6.17 Å². The Kier molecular flexibility index (Phi) is 5.92. The van der Waals surface area contributed by atoms with Crippen LogP contribution in [0.3, 0.4) is 0 Å². The highest BCUT2D eigenvalue weighted by atomic mass is 79.9. The van der Waals surface area contributed by atoms with E-state index in [9.17, 15) is 14.4 Å². The molecule has 31 heavy (non-hydrogen) atoms. The summed E-state index contributed by atoms with van der Waals surface area (Å²) in [5.74, 6) is -0.0166. The van der Waals surface area contributed by atoms with Crippen LogP contribution in [0.1, 0.15) is 6.92 Å². The number of fused-ring (bicyclic) bond motifs is 1. The molecule has 2 aromatic rings. The lowest BCUT2D eigenvalue weighted by molar-refractivity contribution is -0.123. The van der Waals surface area contributed by atoms with Gasteiger partial charge in [0.05, 0.1) is 6.61 Å². The number of ether oxygens (including phenoxy) is 1. The Morgan fingerprint density at radius 1 is 1.10 bits per heavy atom. The third-order valence-electron chi connectivity index (χ3n) is 4.71. The van der Waals surface area contributed by atoms with Crippen molar-refractivity contribution >= 4 is 45.2 Å². The summed E-state index contributed by atoms with van der Waals surface area (Å²) in [6.07, 6.45) is 2.12. The van der Waals surface area contributed by atoms with Gasteiger partial charge in [-0.2, -0.15) is 5.43 Å². The summed E-state index contributed by atoms with van der Waals surface area (Å²) in [6.45, 7) is 2.20. The molecule has 0 bridgehead atoms. The predicted octanol–water partition coefficient (Wildman–Crippen LogP) is 2.87. The number of halogens is 1. The molecular weight excluding hydrogens is 466 g/mol. The lowest BCUT2D eigenvalue weighted by atomic mass is 10.2. The third kappa shape index (κ3) is 4.39. The van der Waals surface area contributed by atoms with Crippen molar-refractivity contribution in [2.45, 2.75) is 13.1 Å². The molecule has 2 N–H and O–H groups in total. The highest BCUT2D eigenvalue weighted by Crippen LogP contribution is 2.26. The van der Waals surface area contributed by atoms with Crippen LogP contribution in [-0.2, 0) is 9.59 Å². The number of nitrogens with zero attached hydrogens (tertiary/aromatic N) is 3. The molecule has 2 heterocycles. The zero-order chi connectivity index (χ0) is 22.0. The van der Waals surface area contributed by atoms with Crippen molar-refractivity contribution in [1.29, 1.82) is 0 Å². The molecule has 160 valence electrons. The summed E-state index contributed by atoms with van der Waals surface area (Å²) in [7, 11) is 0. The van der Waals surface area contributed by atoms with E-state index in [-0.39, 0.29) is 18.4 Å². The second kappa shape index (κ2) is 8.78. The van der Waals surface area contributed by atoms with E-state index in [1.807, 2.05) is 6.92 Å². The van der Waals surface area contributed by atoms with E-state index < -0.39 is 12.2 Å². The first kappa shape index (κ1) is 20.9. The van der Waals surface area contributed by atoms with Gasteiger partial charge in [-0.1, -0.05) is 15.9 Å². The number of hydrogen-bond donors (Lipinski definition) is 2. The van der Waals surface area contributed by atoms with Crippen LogP contribution in [0, 0.1) is 0 Å². The minimum atomic E-state index is -0.926. The van der Waals surface area contributed by atoms with Crippen LogP contribution in [-0.4, -0.2) is 47.1 Å². The van der Waals surface area contributed by atoms with Crippen molar-refractivity contribution in [3.63, 3.8) is 0 Å².